The zero-order chi connectivity index (χ0) is 13.8. The monoisotopic (exact) mass is 266 g/mol. The van der Waals surface area contributed by atoms with E-state index in [2.05, 4.69) is 24.2 Å². The zero-order valence-corrected chi connectivity index (χ0v) is 11.9. The second kappa shape index (κ2) is 6.24. The summed E-state index contributed by atoms with van der Waals surface area (Å²) in [5.74, 6) is 0.583. The molecule has 1 aliphatic heterocycles. The highest BCUT2D eigenvalue weighted by atomic mass is 19.1. The Labute approximate surface area is 114 Å². The largest absolute Gasteiger partial charge is 0.494 e. The van der Waals surface area contributed by atoms with Crippen LogP contribution >= 0.6 is 0 Å². The number of methoxy groups -OCH3 is 1. The molecule has 1 aliphatic rings. The first kappa shape index (κ1) is 14.1. The quantitative estimate of drug-likeness (QED) is 0.906. The molecule has 0 saturated carbocycles. The molecule has 0 radical (unpaired) electrons. The van der Waals surface area contributed by atoms with Crippen LogP contribution in [-0.2, 0) is 0 Å². The first-order chi connectivity index (χ1) is 9.10. The number of hydrogen-bond acceptors (Lipinski definition) is 3. The van der Waals surface area contributed by atoms with Crippen molar-refractivity contribution in [3.63, 3.8) is 0 Å². The Kier molecular flexibility index (Phi) is 4.64. The number of rotatable bonds is 4. The van der Waals surface area contributed by atoms with Crippen molar-refractivity contribution >= 4 is 5.69 Å². The highest BCUT2D eigenvalue weighted by molar-refractivity contribution is 5.48. The molecule has 0 bridgehead atoms. The van der Waals surface area contributed by atoms with Gasteiger partial charge in [-0.25, -0.2) is 4.39 Å². The molecule has 1 aromatic carbocycles. The van der Waals surface area contributed by atoms with E-state index in [0.29, 0.717) is 12.0 Å². The van der Waals surface area contributed by atoms with Crippen molar-refractivity contribution in [2.24, 2.45) is 5.92 Å². The molecule has 3 nitrogen and oxygen atoms in total. The molecule has 1 aromatic rings. The predicted molar refractivity (Wildman–Crippen MR) is 76.3 cm³/mol. The number of hydrogen-bond donors (Lipinski definition) is 1. The second-order valence-electron chi connectivity index (χ2n) is 5.45. The van der Waals surface area contributed by atoms with Gasteiger partial charge >= 0.3 is 0 Å². The number of nitrogens with zero attached hydrogens (tertiary/aromatic N) is 1. The third-order valence-corrected chi connectivity index (χ3v) is 3.91. The van der Waals surface area contributed by atoms with E-state index >= 15 is 0 Å². The van der Waals surface area contributed by atoms with Crippen LogP contribution in [0.3, 0.4) is 0 Å². The van der Waals surface area contributed by atoms with E-state index in [-0.39, 0.29) is 11.6 Å². The second-order valence-corrected chi connectivity index (χ2v) is 5.45. The summed E-state index contributed by atoms with van der Waals surface area (Å²) >= 11 is 0. The molecular formula is C15H23FN2O. The van der Waals surface area contributed by atoms with Crippen molar-refractivity contribution in [2.45, 2.75) is 25.8 Å². The van der Waals surface area contributed by atoms with Crippen molar-refractivity contribution in [3.05, 3.63) is 24.0 Å². The maximum absolute atomic E-state index is 13.6. The molecule has 0 aromatic heterocycles. The summed E-state index contributed by atoms with van der Waals surface area (Å²) in [6.45, 7) is 4.46. The molecule has 1 heterocycles. The van der Waals surface area contributed by atoms with E-state index in [0.717, 1.165) is 12.2 Å². The lowest BCUT2D eigenvalue weighted by Crippen LogP contribution is -2.39. The Morgan fingerprint density at radius 1 is 1.47 bits per heavy atom. The van der Waals surface area contributed by atoms with Crippen LogP contribution in [0.25, 0.3) is 0 Å². The van der Waals surface area contributed by atoms with Gasteiger partial charge in [-0.3, -0.25) is 0 Å². The number of piperidine rings is 1. The molecule has 1 saturated heterocycles. The summed E-state index contributed by atoms with van der Waals surface area (Å²) in [6.07, 6.45) is 2.47. The Morgan fingerprint density at radius 2 is 2.26 bits per heavy atom. The SMILES string of the molecule is COc1ccc(NC(C)C2CCCN(C)C2)cc1F. The van der Waals surface area contributed by atoms with Gasteiger partial charge in [-0.15, -0.1) is 0 Å². The summed E-state index contributed by atoms with van der Waals surface area (Å²) in [5.41, 5.74) is 0.819. The Morgan fingerprint density at radius 3 is 2.89 bits per heavy atom. The fourth-order valence-electron chi connectivity index (χ4n) is 2.75. The minimum absolute atomic E-state index is 0.288. The van der Waals surface area contributed by atoms with Gasteiger partial charge in [-0.2, -0.15) is 0 Å². The summed E-state index contributed by atoms with van der Waals surface area (Å²) in [5, 5.41) is 3.40. The summed E-state index contributed by atoms with van der Waals surface area (Å²) in [6, 6.07) is 5.38. The highest BCUT2D eigenvalue weighted by Crippen LogP contribution is 2.24. The molecule has 2 atom stereocenters. The molecule has 2 unspecified atom stereocenters. The molecule has 1 N–H and O–H groups in total. The van der Waals surface area contributed by atoms with E-state index < -0.39 is 0 Å². The Bertz CT molecular complexity index is 425. The molecule has 0 amide bonds. The number of halogens is 1. The average Bonchev–Trinajstić information content (AvgIpc) is 2.39. The molecule has 0 aliphatic carbocycles. The third kappa shape index (κ3) is 3.60. The van der Waals surface area contributed by atoms with Gasteiger partial charge < -0.3 is 15.0 Å². The van der Waals surface area contributed by atoms with Gasteiger partial charge in [0.1, 0.15) is 0 Å². The predicted octanol–water partition coefficient (Wildman–Crippen LogP) is 2.98. The highest BCUT2D eigenvalue weighted by Gasteiger charge is 2.22. The fraction of sp³-hybridized carbons (Fsp3) is 0.600. The first-order valence-electron chi connectivity index (χ1n) is 6.88. The van der Waals surface area contributed by atoms with Crippen LogP contribution in [0.4, 0.5) is 10.1 Å². The van der Waals surface area contributed by atoms with Crippen LogP contribution in [0, 0.1) is 11.7 Å². The van der Waals surface area contributed by atoms with Crippen LogP contribution in [-0.4, -0.2) is 38.2 Å². The standard InChI is InChI=1S/C15H23FN2O/c1-11(12-5-4-8-18(2)10-12)17-13-6-7-15(19-3)14(16)9-13/h6-7,9,11-12,17H,4-5,8,10H2,1-3H3. The maximum atomic E-state index is 13.6. The van der Waals surface area contributed by atoms with Crippen LogP contribution in [0.1, 0.15) is 19.8 Å². The van der Waals surface area contributed by atoms with Crippen molar-refractivity contribution in [2.75, 3.05) is 32.6 Å². The van der Waals surface area contributed by atoms with Crippen LogP contribution in [0.5, 0.6) is 5.75 Å². The molecular weight excluding hydrogens is 243 g/mol. The van der Waals surface area contributed by atoms with Crippen LogP contribution < -0.4 is 10.1 Å². The molecule has 2 rings (SSSR count). The smallest absolute Gasteiger partial charge is 0.167 e. The van der Waals surface area contributed by atoms with Gasteiger partial charge in [0.15, 0.2) is 11.6 Å². The van der Waals surface area contributed by atoms with Crippen LogP contribution in [0.15, 0.2) is 18.2 Å². The lowest BCUT2D eigenvalue weighted by atomic mass is 9.92. The van der Waals surface area contributed by atoms with Gasteiger partial charge in [0, 0.05) is 24.3 Å². The minimum Gasteiger partial charge on any atom is -0.494 e. The van der Waals surface area contributed by atoms with E-state index in [1.165, 1.54) is 32.6 Å². The van der Waals surface area contributed by atoms with E-state index in [9.17, 15) is 4.39 Å². The topological polar surface area (TPSA) is 24.5 Å². The lowest BCUT2D eigenvalue weighted by Gasteiger charge is -2.34. The van der Waals surface area contributed by atoms with Crippen molar-refractivity contribution in [1.29, 1.82) is 0 Å². The number of anilines is 1. The van der Waals surface area contributed by atoms with Gasteiger partial charge in [0.2, 0.25) is 0 Å². The number of nitrogens with one attached hydrogen (secondary N) is 1. The number of benzene rings is 1. The van der Waals surface area contributed by atoms with Crippen molar-refractivity contribution in [1.82, 2.24) is 4.90 Å². The van der Waals surface area contributed by atoms with E-state index in [4.69, 9.17) is 4.74 Å². The average molecular weight is 266 g/mol. The molecule has 106 valence electrons. The normalized spacial score (nSPS) is 22.0. The fourth-order valence-corrected chi connectivity index (χ4v) is 2.75. The van der Waals surface area contributed by atoms with Gasteiger partial charge in [0.05, 0.1) is 7.11 Å². The summed E-state index contributed by atoms with van der Waals surface area (Å²) < 4.78 is 18.6. The minimum atomic E-state index is -0.319. The molecule has 19 heavy (non-hydrogen) atoms. The maximum Gasteiger partial charge on any atom is 0.167 e. The lowest BCUT2D eigenvalue weighted by molar-refractivity contribution is 0.197. The van der Waals surface area contributed by atoms with Gasteiger partial charge in [0.25, 0.3) is 0 Å². The third-order valence-electron chi connectivity index (χ3n) is 3.91. The van der Waals surface area contributed by atoms with Crippen molar-refractivity contribution < 1.29 is 9.13 Å². The van der Waals surface area contributed by atoms with Gasteiger partial charge in [-0.05, 0) is 51.4 Å². The molecule has 4 heteroatoms. The first-order valence-corrected chi connectivity index (χ1v) is 6.88. The summed E-state index contributed by atoms with van der Waals surface area (Å²) in [7, 11) is 3.64. The van der Waals surface area contributed by atoms with Crippen molar-refractivity contribution in [3.8, 4) is 5.75 Å². The zero-order valence-electron chi connectivity index (χ0n) is 11.9. The Hall–Kier alpha value is -1.29. The number of ether oxygens (including phenoxy) is 1. The van der Waals surface area contributed by atoms with Crippen LogP contribution in [0.2, 0.25) is 0 Å². The summed E-state index contributed by atoms with van der Waals surface area (Å²) in [4.78, 5) is 2.36. The van der Waals surface area contributed by atoms with Gasteiger partial charge in [-0.1, -0.05) is 0 Å². The molecule has 1 fully saturated rings. The Balaban J connectivity index is 1.98. The molecule has 0 spiro atoms. The number of likely N-dealkylation sites (tertiary alicyclic amines) is 1. The van der Waals surface area contributed by atoms with E-state index in [1.807, 2.05) is 6.07 Å². The van der Waals surface area contributed by atoms with E-state index in [1.54, 1.807) is 6.07 Å².